The SMILES string of the molecule is NC1CCCC2CN(Cc3sc4ccccc4c3Cl)CC12. The van der Waals surface area contributed by atoms with Crippen molar-refractivity contribution >= 4 is 33.0 Å². The zero-order valence-electron chi connectivity index (χ0n) is 12.1. The number of thiophene rings is 1. The molecular formula is C17H21ClN2S. The molecule has 1 aromatic heterocycles. The van der Waals surface area contributed by atoms with Gasteiger partial charge in [0.05, 0.1) is 5.02 Å². The van der Waals surface area contributed by atoms with Crippen LogP contribution in [0.3, 0.4) is 0 Å². The normalized spacial score (nSPS) is 29.9. The molecule has 3 atom stereocenters. The van der Waals surface area contributed by atoms with Crippen molar-refractivity contribution in [2.75, 3.05) is 13.1 Å². The van der Waals surface area contributed by atoms with Gasteiger partial charge in [-0.1, -0.05) is 36.2 Å². The van der Waals surface area contributed by atoms with E-state index in [0.29, 0.717) is 12.0 Å². The van der Waals surface area contributed by atoms with Gasteiger partial charge in [0.25, 0.3) is 0 Å². The Morgan fingerprint density at radius 3 is 2.90 bits per heavy atom. The van der Waals surface area contributed by atoms with Crippen LogP contribution in [0.25, 0.3) is 10.1 Å². The van der Waals surface area contributed by atoms with Crippen LogP contribution in [0.1, 0.15) is 24.1 Å². The minimum atomic E-state index is 0.409. The Kier molecular flexibility index (Phi) is 3.70. The highest BCUT2D eigenvalue weighted by atomic mass is 35.5. The van der Waals surface area contributed by atoms with E-state index in [1.165, 1.54) is 40.8 Å². The van der Waals surface area contributed by atoms with E-state index in [2.05, 4.69) is 29.2 Å². The number of rotatable bonds is 2. The minimum Gasteiger partial charge on any atom is -0.327 e. The van der Waals surface area contributed by atoms with E-state index in [-0.39, 0.29) is 0 Å². The summed E-state index contributed by atoms with van der Waals surface area (Å²) in [6, 6.07) is 8.84. The second-order valence-electron chi connectivity index (χ2n) is 6.55. The molecule has 2 N–H and O–H groups in total. The Morgan fingerprint density at radius 1 is 1.24 bits per heavy atom. The zero-order valence-corrected chi connectivity index (χ0v) is 13.7. The first-order valence-corrected chi connectivity index (χ1v) is 9.05. The molecule has 2 fully saturated rings. The van der Waals surface area contributed by atoms with Crippen LogP contribution in [0.2, 0.25) is 5.02 Å². The molecule has 2 nitrogen and oxygen atoms in total. The molecule has 2 heterocycles. The van der Waals surface area contributed by atoms with Crippen molar-refractivity contribution in [2.24, 2.45) is 17.6 Å². The van der Waals surface area contributed by atoms with Crippen LogP contribution in [0.4, 0.5) is 0 Å². The number of benzene rings is 1. The highest BCUT2D eigenvalue weighted by Crippen LogP contribution is 2.39. The maximum absolute atomic E-state index is 6.58. The average molecular weight is 321 g/mol. The standard InChI is InChI=1S/C17H21ClN2S/c18-17-12-5-1-2-7-15(12)21-16(17)10-20-8-11-4-3-6-14(19)13(11)9-20/h1-2,5,7,11,13-14H,3-4,6,8-10,19H2. The quantitative estimate of drug-likeness (QED) is 0.902. The molecule has 1 aliphatic heterocycles. The first-order valence-electron chi connectivity index (χ1n) is 7.86. The van der Waals surface area contributed by atoms with E-state index in [1.54, 1.807) is 0 Å². The predicted octanol–water partition coefficient (Wildman–Crippen LogP) is 4.11. The lowest BCUT2D eigenvalue weighted by Crippen LogP contribution is -2.38. The molecule has 1 aromatic carbocycles. The first-order chi connectivity index (χ1) is 10.2. The van der Waals surface area contributed by atoms with Gasteiger partial charge in [0.2, 0.25) is 0 Å². The summed E-state index contributed by atoms with van der Waals surface area (Å²) in [5, 5.41) is 2.15. The summed E-state index contributed by atoms with van der Waals surface area (Å²) in [5.41, 5.74) is 6.32. The summed E-state index contributed by atoms with van der Waals surface area (Å²) in [6.45, 7) is 3.33. The van der Waals surface area contributed by atoms with Gasteiger partial charge in [-0.3, -0.25) is 4.90 Å². The largest absolute Gasteiger partial charge is 0.327 e. The van der Waals surface area contributed by atoms with Crippen LogP contribution in [-0.2, 0) is 6.54 Å². The second kappa shape index (κ2) is 5.54. The van der Waals surface area contributed by atoms with Crippen molar-refractivity contribution in [3.63, 3.8) is 0 Å². The van der Waals surface area contributed by atoms with Gasteiger partial charge in [-0.05, 0) is 30.7 Å². The number of hydrogen-bond acceptors (Lipinski definition) is 3. The van der Waals surface area contributed by atoms with E-state index in [1.807, 2.05) is 11.3 Å². The van der Waals surface area contributed by atoms with Crippen molar-refractivity contribution in [1.82, 2.24) is 4.90 Å². The number of nitrogens with zero attached hydrogens (tertiary/aromatic N) is 1. The highest BCUT2D eigenvalue weighted by molar-refractivity contribution is 7.19. The lowest BCUT2D eigenvalue weighted by atomic mass is 9.78. The van der Waals surface area contributed by atoms with E-state index < -0.39 is 0 Å². The fourth-order valence-electron chi connectivity index (χ4n) is 4.11. The summed E-state index contributed by atoms with van der Waals surface area (Å²) < 4.78 is 1.30. The van der Waals surface area contributed by atoms with Gasteiger partial charge in [0, 0.05) is 40.6 Å². The van der Waals surface area contributed by atoms with Gasteiger partial charge in [0.15, 0.2) is 0 Å². The van der Waals surface area contributed by atoms with Gasteiger partial charge in [-0.15, -0.1) is 11.3 Å². The van der Waals surface area contributed by atoms with E-state index >= 15 is 0 Å². The smallest absolute Gasteiger partial charge is 0.0637 e. The monoisotopic (exact) mass is 320 g/mol. The van der Waals surface area contributed by atoms with Crippen LogP contribution in [0.15, 0.2) is 24.3 Å². The number of hydrogen-bond donors (Lipinski definition) is 1. The minimum absolute atomic E-state index is 0.409. The summed E-state index contributed by atoms with van der Waals surface area (Å²) in [4.78, 5) is 3.88. The van der Waals surface area contributed by atoms with E-state index in [0.717, 1.165) is 24.0 Å². The number of halogens is 1. The zero-order chi connectivity index (χ0) is 14.4. The van der Waals surface area contributed by atoms with E-state index in [4.69, 9.17) is 17.3 Å². The van der Waals surface area contributed by atoms with Gasteiger partial charge >= 0.3 is 0 Å². The molecule has 3 unspecified atom stereocenters. The second-order valence-corrected chi connectivity index (χ2v) is 8.06. The number of nitrogens with two attached hydrogens (primary N) is 1. The molecule has 112 valence electrons. The summed E-state index contributed by atoms with van der Waals surface area (Å²) >= 11 is 8.42. The van der Waals surface area contributed by atoms with Gasteiger partial charge in [-0.25, -0.2) is 0 Å². The Balaban J connectivity index is 1.54. The van der Waals surface area contributed by atoms with Gasteiger partial charge in [-0.2, -0.15) is 0 Å². The van der Waals surface area contributed by atoms with Crippen LogP contribution in [0, 0.1) is 11.8 Å². The Hall–Kier alpha value is -0.610. The molecule has 0 bridgehead atoms. The molecule has 2 aliphatic rings. The third-order valence-electron chi connectivity index (χ3n) is 5.20. The molecule has 2 aromatic rings. The van der Waals surface area contributed by atoms with Crippen LogP contribution < -0.4 is 5.73 Å². The Labute approximate surface area is 134 Å². The molecule has 1 saturated heterocycles. The highest BCUT2D eigenvalue weighted by Gasteiger charge is 2.38. The molecule has 0 spiro atoms. The van der Waals surface area contributed by atoms with E-state index in [9.17, 15) is 0 Å². The summed E-state index contributed by atoms with van der Waals surface area (Å²) in [6.07, 6.45) is 3.87. The lowest BCUT2D eigenvalue weighted by molar-refractivity contribution is 0.259. The third-order valence-corrected chi connectivity index (χ3v) is 6.90. The number of likely N-dealkylation sites (tertiary alicyclic amines) is 1. The van der Waals surface area contributed by atoms with Crippen LogP contribution in [-0.4, -0.2) is 24.0 Å². The van der Waals surface area contributed by atoms with Crippen molar-refractivity contribution < 1.29 is 0 Å². The summed E-state index contributed by atoms with van der Waals surface area (Å²) in [7, 11) is 0. The maximum atomic E-state index is 6.58. The maximum Gasteiger partial charge on any atom is 0.0637 e. The third kappa shape index (κ3) is 2.50. The van der Waals surface area contributed by atoms with Crippen molar-refractivity contribution in [3.8, 4) is 0 Å². The van der Waals surface area contributed by atoms with Crippen LogP contribution >= 0.6 is 22.9 Å². The van der Waals surface area contributed by atoms with Crippen molar-refractivity contribution in [3.05, 3.63) is 34.2 Å². The summed E-state index contributed by atoms with van der Waals surface area (Å²) in [5.74, 6) is 1.51. The van der Waals surface area contributed by atoms with Crippen molar-refractivity contribution in [2.45, 2.75) is 31.8 Å². The average Bonchev–Trinajstić information content (AvgIpc) is 3.03. The molecule has 0 amide bonds. The molecule has 0 radical (unpaired) electrons. The van der Waals surface area contributed by atoms with Gasteiger partial charge < -0.3 is 5.73 Å². The number of fused-ring (bicyclic) bond motifs is 2. The molecule has 21 heavy (non-hydrogen) atoms. The molecule has 4 rings (SSSR count). The molecule has 1 aliphatic carbocycles. The van der Waals surface area contributed by atoms with Crippen LogP contribution in [0.5, 0.6) is 0 Å². The van der Waals surface area contributed by atoms with Crippen molar-refractivity contribution in [1.29, 1.82) is 0 Å². The molecule has 4 heteroatoms. The molecular weight excluding hydrogens is 300 g/mol. The Morgan fingerprint density at radius 2 is 2.10 bits per heavy atom. The topological polar surface area (TPSA) is 29.3 Å². The van der Waals surface area contributed by atoms with Gasteiger partial charge in [0.1, 0.15) is 0 Å². The fraction of sp³-hybridized carbons (Fsp3) is 0.529. The predicted molar refractivity (Wildman–Crippen MR) is 90.9 cm³/mol. The Bertz CT molecular complexity index is 653. The fourth-order valence-corrected chi connectivity index (χ4v) is 5.64. The lowest BCUT2D eigenvalue weighted by Gasteiger charge is -2.29. The first kappa shape index (κ1) is 14.0. The molecule has 1 saturated carbocycles.